The zero-order valence-electron chi connectivity index (χ0n) is 10.0. The summed E-state index contributed by atoms with van der Waals surface area (Å²) in [7, 11) is 0. The third kappa shape index (κ3) is 1.79. The molecule has 0 radical (unpaired) electrons. The van der Waals surface area contributed by atoms with Crippen molar-refractivity contribution in [3.05, 3.63) is 74.2 Å². The first kappa shape index (κ1) is 12.2. The summed E-state index contributed by atoms with van der Waals surface area (Å²) in [5.41, 5.74) is 6.35. The van der Waals surface area contributed by atoms with Gasteiger partial charge >= 0.3 is 0 Å². The number of benzene rings is 2. The Balaban J connectivity index is 2.28. The first-order valence-corrected chi connectivity index (χ1v) is 7.45. The Kier molecular flexibility index (Phi) is 2.95. The van der Waals surface area contributed by atoms with E-state index < -0.39 is 0 Å². The first-order valence-electron chi connectivity index (χ1n) is 5.86. The molecule has 0 fully saturated rings. The van der Waals surface area contributed by atoms with Gasteiger partial charge in [0.25, 0.3) is 0 Å². The quantitative estimate of drug-likeness (QED) is 0.560. The SMILES string of the molecule is C=C1c2ccc(Br)cc2C(C)c2cc(Br)ccc21. The molecular weight excluding hydrogens is 352 g/mol. The van der Waals surface area contributed by atoms with Crippen LogP contribution in [-0.2, 0) is 0 Å². The summed E-state index contributed by atoms with van der Waals surface area (Å²) < 4.78 is 2.25. The van der Waals surface area contributed by atoms with E-state index in [9.17, 15) is 0 Å². The van der Waals surface area contributed by atoms with Crippen molar-refractivity contribution in [3.63, 3.8) is 0 Å². The molecule has 1 aliphatic rings. The smallest absolute Gasteiger partial charge is 0.0178 e. The number of hydrogen-bond donors (Lipinski definition) is 0. The van der Waals surface area contributed by atoms with E-state index in [0.717, 1.165) is 14.5 Å². The maximum absolute atomic E-state index is 4.26. The van der Waals surface area contributed by atoms with Gasteiger partial charge in [0.15, 0.2) is 0 Å². The zero-order valence-corrected chi connectivity index (χ0v) is 13.2. The van der Waals surface area contributed by atoms with E-state index in [1.165, 1.54) is 22.3 Å². The fourth-order valence-electron chi connectivity index (χ4n) is 2.65. The largest absolute Gasteiger partial charge is 0.0905 e. The van der Waals surface area contributed by atoms with Crippen LogP contribution in [0.3, 0.4) is 0 Å². The van der Waals surface area contributed by atoms with Crippen LogP contribution in [0.4, 0.5) is 0 Å². The van der Waals surface area contributed by atoms with Gasteiger partial charge in [0.2, 0.25) is 0 Å². The third-order valence-corrected chi connectivity index (χ3v) is 4.60. The molecule has 2 aromatic carbocycles. The maximum Gasteiger partial charge on any atom is 0.0178 e. The Morgan fingerprint density at radius 2 is 1.33 bits per heavy atom. The van der Waals surface area contributed by atoms with Crippen molar-refractivity contribution < 1.29 is 0 Å². The zero-order chi connectivity index (χ0) is 12.9. The van der Waals surface area contributed by atoms with E-state index in [4.69, 9.17) is 0 Å². The molecule has 90 valence electrons. The number of fused-ring (bicyclic) bond motifs is 2. The fourth-order valence-corrected chi connectivity index (χ4v) is 3.40. The first-order chi connectivity index (χ1) is 8.58. The van der Waals surface area contributed by atoms with E-state index in [-0.39, 0.29) is 0 Å². The lowest BCUT2D eigenvalue weighted by atomic mass is 9.77. The van der Waals surface area contributed by atoms with Crippen LogP contribution in [0.25, 0.3) is 5.57 Å². The van der Waals surface area contributed by atoms with Crippen LogP contribution in [0.1, 0.15) is 35.1 Å². The number of halogens is 2. The molecule has 0 spiro atoms. The van der Waals surface area contributed by atoms with Crippen molar-refractivity contribution in [2.24, 2.45) is 0 Å². The van der Waals surface area contributed by atoms with E-state index in [1.807, 2.05) is 0 Å². The molecule has 18 heavy (non-hydrogen) atoms. The molecule has 0 aromatic heterocycles. The summed E-state index contributed by atoms with van der Waals surface area (Å²) in [6.07, 6.45) is 0. The highest BCUT2D eigenvalue weighted by Gasteiger charge is 2.24. The van der Waals surface area contributed by atoms with Crippen molar-refractivity contribution in [1.82, 2.24) is 0 Å². The predicted molar refractivity (Wildman–Crippen MR) is 83.9 cm³/mol. The Labute approximate surface area is 124 Å². The molecule has 0 heterocycles. The summed E-state index contributed by atoms with van der Waals surface area (Å²) in [6.45, 7) is 6.51. The molecule has 1 aliphatic carbocycles. The molecule has 0 saturated heterocycles. The highest BCUT2D eigenvalue weighted by Crippen LogP contribution is 2.43. The van der Waals surface area contributed by atoms with Crippen molar-refractivity contribution in [3.8, 4) is 0 Å². The lowest BCUT2D eigenvalue weighted by Crippen LogP contribution is -2.10. The predicted octanol–water partition coefficient (Wildman–Crippen LogP) is 5.74. The molecule has 0 nitrogen and oxygen atoms in total. The molecule has 0 atom stereocenters. The van der Waals surface area contributed by atoms with Crippen molar-refractivity contribution in [1.29, 1.82) is 0 Å². The van der Waals surface area contributed by atoms with Gasteiger partial charge in [0.1, 0.15) is 0 Å². The van der Waals surface area contributed by atoms with Crippen LogP contribution < -0.4 is 0 Å². The molecule has 2 aromatic rings. The van der Waals surface area contributed by atoms with Crippen LogP contribution in [-0.4, -0.2) is 0 Å². The van der Waals surface area contributed by atoms with Gasteiger partial charge in [0, 0.05) is 14.9 Å². The van der Waals surface area contributed by atoms with Crippen LogP contribution >= 0.6 is 31.9 Å². The van der Waals surface area contributed by atoms with Crippen LogP contribution in [0.2, 0.25) is 0 Å². The Morgan fingerprint density at radius 1 is 0.889 bits per heavy atom. The van der Waals surface area contributed by atoms with Gasteiger partial charge in [-0.1, -0.05) is 57.5 Å². The van der Waals surface area contributed by atoms with Gasteiger partial charge in [-0.05, 0) is 52.1 Å². The second-order valence-electron chi connectivity index (χ2n) is 4.66. The maximum atomic E-state index is 4.26. The van der Waals surface area contributed by atoms with E-state index in [2.05, 4.69) is 81.8 Å². The third-order valence-electron chi connectivity index (χ3n) is 3.61. The standard InChI is InChI=1S/C16H12Br2/c1-9-13-5-3-11(17)7-15(13)10(2)16-8-12(18)4-6-14(9)16/h3-8,10H,1H2,2H3. The Bertz CT molecular complexity index is 601. The van der Waals surface area contributed by atoms with Crippen molar-refractivity contribution in [2.45, 2.75) is 12.8 Å². The van der Waals surface area contributed by atoms with Gasteiger partial charge in [-0.3, -0.25) is 0 Å². The normalized spacial score (nSPS) is 14.3. The number of hydrogen-bond acceptors (Lipinski definition) is 0. The highest BCUT2D eigenvalue weighted by molar-refractivity contribution is 9.10. The highest BCUT2D eigenvalue weighted by atomic mass is 79.9. The topological polar surface area (TPSA) is 0 Å². The lowest BCUT2D eigenvalue weighted by Gasteiger charge is -2.28. The molecule has 2 heteroatoms. The minimum Gasteiger partial charge on any atom is -0.0905 e. The molecule has 0 amide bonds. The summed E-state index contributed by atoms with van der Waals surface area (Å²) in [6, 6.07) is 12.9. The molecule has 0 bridgehead atoms. The summed E-state index contributed by atoms with van der Waals surface area (Å²) in [4.78, 5) is 0. The fraction of sp³-hybridized carbons (Fsp3) is 0.125. The van der Waals surface area contributed by atoms with E-state index in [0.29, 0.717) is 5.92 Å². The molecule has 3 rings (SSSR count). The van der Waals surface area contributed by atoms with Gasteiger partial charge < -0.3 is 0 Å². The molecule has 0 N–H and O–H groups in total. The second-order valence-corrected chi connectivity index (χ2v) is 6.49. The molecule has 0 unspecified atom stereocenters. The van der Waals surface area contributed by atoms with Crippen LogP contribution in [0.5, 0.6) is 0 Å². The Hall–Kier alpha value is -0.860. The minimum absolute atomic E-state index is 0.399. The summed E-state index contributed by atoms with van der Waals surface area (Å²) in [5, 5.41) is 0. The van der Waals surface area contributed by atoms with Crippen molar-refractivity contribution >= 4 is 37.4 Å². The summed E-state index contributed by atoms with van der Waals surface area (Å²) in [5.74, 6) is 0.399. The van der Waals surface area contributed by atoms with Gasteiger partial charge in [-0.25, -0.2) is 0 Å². The second kappa shape index (κ2) is 4.36. The Morgan fingerprint density at radius 3 is 1.78 bits per heavy atom. The molecule has 0 saturated carbocycles. The van der Waals surface area contributed by atoms with E-state index >= 15 is 0 Å². The van der Waals surface area contributed by atoms with Gasteiger partial charge in [-0.2, -0.15) is 0 Å². The van der Waals surface area contributed by atoms with Crippen LogP contribution in [0.15, 0.2) is 51.9 Å². The average molecular weight is 364 g/mol. The number of rotatable bonds is 0. The van der Waals surface area contributed by atoms with Crippen LogP contribution in [0, 0.1) is 0 Å². The molecule has 0 aliphatic heterocycles. The van der Waals surface area contributed by atoms with Gasteiger partial charge in [0.05, 0.1) is 0 Å². The monoisotopic (exact) mass is 362 g/mol. The van der Waals surface area contributed by atoms with E-state index in [1.54, 1.807) is 0 Å². The summed E-state index contributed by atoms with van der Waals surface area (Å²) >= 11 is 7.11. The average Bonchev–Trinajstić information content (AvgIpc) is 2.35. The minimum atomic E-state index is 0.399. The van der Waals surface area contributed by atoms with Crippen molar-refractivity contribution in [2.75, 3.05) is 0 Å². The molecular formula is C16H12Br2. The van der Waals surface area contributed by atoms with Gasteiger partial charge in [-0.15, -0.1) is 0 Å². The lowest BCUT2D eigenvalue weighted by molar-refractivity contribution is 0.897.